The summed E-state index contributed by atoms with van der Waals surface area (Å²) in [5.74, 6) is 0. The molecule has 0 amide bonds. The van der Waals surface area contributed by atoms with Crippen molar-refractivity contribution in [3.63, 3.8) is 0 Å². The molecule has 134 valence electrons. The van der Waals surface area contributed by atoms with Crippen molar-refractivity contribution in [3.8, 4) is 5.69 Å². The van der Waals surface area contributed by atoms with Crippen LogP contribution < -0.4 is 10.6 Å². The maximum Gasteiger partial charge on any atom is 0.346 e. The van der Waals surface area contributed by atoms with E-state index >= 15 is 0 Å². The Morgan fingerprint density at radius 2 is 1.30 bits per heavy atom. The van der Waals surface area contributed by atoms with Gasteiger partial charge in [0.15, 0.2) is 0 Å². The molecular formula is C22H18N2O2S. The molecule has 0 unspecified atom stereocenters. The summed E-state index contributed by atoms with van der Waals surface area (Å²) in [4.78, 5) is 25.2. The Morgan fingerprint density at radius 1 is 0.704 bits per heavy atom. The summed E-state index contributed by atoms with van der Waals surface area (Å²) in [5, 5.41) is 0. The Bertz CT molecular complexity index is 1160. The average molecular weight is 374 g/mol. The van der Waals surface area contributed by atoms with Gasteiger partial charge in [-0.25, -0.2) is 13.3 Å². The van der Waals surface area contributed by atoms with Crippen LogP contribution in [0.1, 0.15) is 16.7 Å². The Morgan fingerprint density at radius 3 is 2.00 bits per heavy atom. The van der Waals surface area contributed by atoms with Crippen LogP contribution in [0.2, 0.25) is 0 Å². The summed E-state index contributed by atoms with van der Waals surface area (Å²) < 4.78 is 2.79. The van der Waals surface area contributed by atoms with E-state index in [1.807, 2.05) is 72.8 Å². The molecule has 0 bridgehead atoms. The third-order valence-corrected chi connectivity index (χ3v) is 5.34. The fraction of sp³-hybridized carbons (Fsp3) is 0.0909. The van der Waals surface area contributed by atoms with Gasteiger partial charge in [0, 0.05) is 11.5 Å². The number of aromatic nitrogens is 2. The smallest absolute Gasteiger partial charge is 0.255 e. The van der Waals surface area contributed by atoms with Crippen LogP contribution in [0.4, 0.5) is 0 Å². The topological polar surface area (TPSA) is 44.0 Å². The van der Waals surface area contributed by atoms with Crippen LogP contribution in [0.3, 0.4) is 0 Å². The third-order valence-electron chi connectivity index (χ3n) is 4.43. The molecule has 0 saturated heterocycles. The van der Waals surface area contributed by atoms with Gasteiger partial charge < -0.3 is 0 Å². The van der Waals surface area contributed by atoms with Gasteiger partial charge in [-0.1, -0.05) is 78.9 Å². The van der Waals surface area contributed by atoms with Crippen LogP contribution in [0, 0.1) is 0 Å². The van der Waals surface area contributed by atoms with Crippen LogP contribution in [-0.2, 0) is 13.0 Å². The van der Waals surface area contributed by atoms with E-state index in [0.29, 0.717) is 6.42 Å². The fourth-order valence-corrected chi connectivity index (χ4v) is 3.93. The van der Waals surface area contributed by atoms with Crippen LogP contribution in [0.5, 0.6) is 0 Å². The van der Waals surface area contributed by atoms with Gasteiger partial charge in [0.05, 0.1) is 12.2 Å². The monoisotopic (exact) mass is 374 g/mol. The molecule has 0 fully saturated rings. The molecule has 0 aliphatic heterocycles. The fourth-order valence-electron chi connectivity index (χ4n) is 3.08. The third kappa shape index (κ3) is 3.68. The lowest BCUT2D eigenvalue weighted by Gasteiger charge is -2.09. The Hall–Kier alpha value is -3.18. The van der Waals surface area contributed by atoms with Gasteiger partial charge >= 0.3 is 10.6 Å². The zero-order chi connectivity index (χ0) is 18.6. The standard InChI is InChI=1S/C22H18N2O2S/c25-21-23(16-18-11-5-2-6-12-18)22(26)27-24(21)20-14-8-7-13-19(20)15-17-9-3-1-4-10-17/h1-14H,15-16H2. The van der Waals surface area contributed by atoms with Gasteiger partial charge in [0.25, 0.3) is 0 Å². The van der Waals surface area contributed by atoms with Crippen molar-refractivity contribution >= 4 is 11.5 Å². The normalized spacial score (nSPS) is 10.8. The highest BCUT2D eigenvalue weighted by atomic mass is 32.1. The molecule has 0 aliphatic carbocycles. The summed E-state index contributed by atoms with van der Waals surface area (Å²) in [7, 11) is 0. The second-order valence-corrected chi connectivity index (χ2v) is 7.19. The summed E-state index contributed by atoms with van der Waals surface area (Å²) in [5.41, 5.74) is 3.57. The van der Waals surface area contributed by atoms with E-state index in [-0.39, 0.29) is 17.1 Å². The van der Waals surface area contributed by atoms with Crippen LogP contribution in [-0.4, -0.2) is 8.52 Å². The van der Waals surface area contributed by atoms with Gasteiger partial charge in [-0.15, -0.1) is 0 Å². The van der Waals surface area contributed by atoms with Gasteiger partial charge in [-0.3, -0.25) is 4.79 Å². The van der Waals surface area contributed by atoms with Crippen molar-refractivity contribution in [3.05, 3.63) is 122 Å². The molecule has 4 nitrogen and oxygen atoms in total. The lowest BCUT2D eigenvalue weighted by molar-refractivity contribution is 0.722. The first-order valence-corrected chi connectivity index (χ1v) is 9.49. The van der Waals surface area contributed by atoms with Crippen molar-refractivity contribution in [2.75, 3.05) is 0 Å². The molecule has 0 aliphatic rings. The first kappa shape index (κ1) is 17.2. The molecule has 0 spiro atoms. The summed E-state index contributed by atoms with van der Waals surface area (Å²) in [6, 6.07) is 27.4. The van der Waals surface area contributed by atoms with E-state index in [1.54, 1.807) is 0 Å². The molecule has 0 atom stereocenters. The first-order chi connectivity index (χ1) is 13.2. The van der Waals surface area contributed by atoms with Gasteiger partial charge in [-0.05, 0) is 29.2 Å². The van der Waals surface area contributed by atoms with E-state index in [4.69, 9.17) is 0 Å². The highest BCUT2D eigenvalue weighted by Crippen LogP contribution is 2.18. The number of rotatable bonds is 5. The maximum absolute atomic E-state index is 12.9. The number of hydrogen-bond donors (Lipinski definition) is 0. The largest absolute Gasteiger partial charge is 0.346 e. The molecule has 0 N–H and O–H groups in total. The summed E-state index contributed by atoms with van der Waals surface area (Å²) >= 11 is 0.950. The van der Waals surface area contributed by atoms with E-state index in [2.05, 4.69) is 12.1 Å². The predicted octanol–water partition coefficient (Wildman–Crippen LogP) is 3.70. The van der Waals surface area contributed by atoms with Crippen molar-refractivity contribution < 1.29 is 0 Å². The minimum absolute atomic E-state index is 0.252. The van der Waals surface area contributed by atoms with Gasteiger partial charge in [0.2, 0.25) is 0 Å². The maximum atomic E-state index is 12.9. The van der Waals surface area contributed by atoms with E-state index in [9.17, 15) is 9.59 Å². The van der Waals surface area contributed by atoms with Crippen LogP contribution >= 0.6 is 11.5 Å². The molecule has 0 saturated carbocycles. The minimum atomic E-state index is -0.297. The highest BCUT2D eigenvalue weighted by Gasteiger charge is 2.14. The van der Waals surface area contributed by atoms with Crippen LogP contribution in [0.25, 0.3) is 5.69 Å². The SMILES string of the molecule is O=c1sn(-c2ccccc2Cc2ccccc2)c(=O)n1Cc1ccccc1. The zero-order valence-electron chi connectivity index (χ0n) is 14.6. The lowest BCUT2D eigenvalue weighted by Crippen LogP contribution is -2.29. The van der Waals surface area contributed by atoms with Gasteiger partial charge in [0.1, 0.15) is 0 Å². The quantitative estimate of drug-likeness (QED) is 0.535. The second kappa shape index (κ2) is 7.60. The van der Waals surface area contributed by atoms with Gasteiger partial charge in [-0.2, -0.15) is 0 Å². The molecule has 1 heterocycles. The second-order valence-electron chi connectivity index (χ2n) is 6.30. The molecular weight excluding hydrogens is 356 g/mol. The molecule has 1 aromatic heterocycles. The van der Waals surface area contributed by atoms with Crippen molar-refractivity contribution in [2.45, 2.75) is 13.0 Å². The first-order valence-electron chi connectivity index (χ1n) is 8.71. The Balaban J connectivity index is 1.74. The Kier molecular flexibility index (Phi) is 4.85. The van der Waals surface area contributed by atoms with Crippen molar-refractivity contribution in [1.29, 1.82) is 0 Å². The minimum Gasteiger partial charge on any atom is -0.255 e. The Labute approximate surface area is 160 Å². The van der Waals surface area contributed by atoms with Crippen LogP contribution in [0.15, 0.2) is 94.5 Å². The lowest BCUT2D eigenvalue weighted by atomic mass is 10.0. The molecule has 4 aromatic rings. The number of benzene rings is 3. The zero-order valence-corrected chi connectivity index (χ0v) is 15.4. The van der Waals surface area contributed by atoms with E-state index in [1.165, 1.54) is 8.52 Å². The number of nitrogens with zero attached hydrogens (tertiary/aromatic N) is 2. The molecule has 27 heavy (non-hydrogen) atoms. The van der Waals surface area contributed by atoms with Crippen molar-refractivity contribution in [2.24, 2.45) is 0 Å². The molecule has 3 aromatic carbocycles. The predicted molar refractivity (Wildman–Crippen MR) is 109 cm³/mol. The highest BCUT2D eigenvalue weighted by molar-refractivity contribution is 7.03. The number of hydrogen-bond acceptors (Lipinski definition) is 3. The number of para-hydroxylation sites is 1. The molecule has 4 rings (SSSR count). The van der Waals surface area contributed by atoms with Crippen molar-refractivity contribution in [1.82, 2.24) is 8.52 Å². The summed E-state index contributed by atoms with van der Waals surface area (Å²) in [6.45, 7) is 0.281. The van der Waals surface area contributed by atoms with E-state index < -0.39 is 0 Å². The van der Waals surface area contributed by atoms with E-state index in [0.717, 1.165) is 33.9 Å². The average Bonchev–Trinajstić information content (AvgIpc) is 2.98. The molecule has 0 radical (unpaired) electrons. The summed E-state index contributed by atoms with van der Waals surface area (Å²) in [6.07, 6.45) is 0.703. The molecule has 5 heteroatoms.